The van der Waals surface area contributed by atoms with Crippen LogP contribution in [0.3, 0.4) is 0 Å². The van der Waals surface area contributed by atoms with E-state index in [9.17, 15) is 4.79 Å². The SMILES string of the molecule is C=CNc1nccs1.CCC=C(N)CC(CCCC)C(=O)N1CCCC1. The minimum Gasteiger partial charge on any atom is -0.402 e. The van der Waals surface area contributed by atoms with Crippen molar-refractivity contribution in [1.29, 1.82) is 0 Å². The molecule has 6 heteroatoms. The molecule has 1 aliphatic rings. The molecule has 146 valence electrons. The highest BCUT2D eigenvalue weighted by Crippen LogP contribution is 2.21. The molecule has 0 aliphatic carbocycles. The number of nitrogens with zero attached hydrogens (tertiary/aromatic N) is 2. The van der Waals surface area contributed by atoms with Crippen molar-refractivity contribution in [1.82, 2.24) is 9.88 Å². The standard InChI is InChI=1S/C15H28N2O.C5H6N2S/c1-3-5-9-13(12-14(16)8-4-2)15(18)17-10-6-7-11-17;1-2-6-5-7-3-4-8-5/h8,13H,3-7,9-12,16H2,1-2H3;2-4H,1H2,(H,6,7). The second kappa shape index (κ2) is 13.4. The van der Waals surface area contributed by atoms with Crippen molar-refractivity contribution in [2.75, 3.05) is 18.4 Å². The molecule has 0 bridgehead atoms. The van der Waals surface area contributed by atoms with Gasteiger partial charge in [0.15, 0.2) is 5.13 Å². The van der Waals surface area contributed by atoms with Gasteiger partial charge in [-0.05, 0) is 38.3 Å². The van der Waals surface area contributed by atoms with Crippen molar-refractivity contribution >= 4 is 22.4 Å². The molecule has 2 rings (SSSR count). The third-order valence-electron chi connectivity index (χ3n) is 4.28. The Kier molecular flexibility index (Phi) is 11.4. The number of nitrogens with two attached hydrogens (primary N) is 1. The molecule has 2 heterocycles. The molecule has 0 spiro atoms. The molecule has 1 aromatic rings. The van der Waals surface area contributed by atoms with E-state index in [4.69, 9.17) is 5.73 Å². The Balaban J connectivity index is 0.000000350. The molecule has 1 aromatic heterocycles. The van der Waals surface area contributed by atoms with Crippen molar-refractivity contribution in [3.8, 4) is 0 Å². The summed E-state index contributed by atoms with van der Waals surface area (Å²) >= 11 is 1.55. The Labute approximate surface area is 162 Å². The highest BCUT2D eigenvalue weighted by atomic mass is 32.1. The average Bonchev–Trinajstić information content (AvgIpc) is 3.33. The van der Waals surface area contributed by atoms with Gasteiger partial charge in [-0.2, -0.15) is 0 Å². The summed E-state index contributed by atoms with van der Waals surface area (Å²) in [6.45, 7) is 9.63. The first-order valence-corrected chi connectivity index (χ1v) is 10.5. The number of unbranched alkanes of at least 4 members (excludes halogenated alkanes) is 1. The number of likely N-dealkylation sites (tertiary alicyclic amines) is 1. The molecule has 26 heavy (non-hydrogen) atoms. The summed E-state index contributed by atoms with van der Waals surface area (Å²) in [7, 11) is 0. The Hall–Kier alpha value is -1.82. The topological polar surface area (TPSA) is 71.2 Å². The number of nitrogens with one attached hydrogen (secondary N) is 1. The van der Waals surface area contributed by atoms with Gasteiger partial charge in [-0.15, -0.1) is 11.3 Å². The number of hydrogen-bond acceptors (Lipinski definition) is 5. The van der Waals surface area contributed by atoms with Gasteiger partial charge >= 0.3 is 0 Å². The third kappa shape index (κ3) is 8.52. The van der Waals surface area contributed by atoms with Crippen LogP contribution in [0.4, 0.5) is 5.13 Å². The lowest BCUT2D eigenvalue weighted by Crippen LogP contribution is -2.34. The van der Waals surface area contributed by atoms with Crippen molar-refractivity contribution in [2.24, 2.45) is 11.7 Å². The lowest BCUT2D eigenvalue weighted by atomic mass is 9.95. The quantitative estimate of drug-likeness (QED) is 0.650. The van der Waals surface area contributed by atoms with Crippen molar-refractivity contribution in [3.05, 3.63) is 36.1 Å². The number of amides is 1. The number of thiazole rings is 1. The van der Waals surface area contributed by atoms with Crippen LogP contribution in [0.15, 0.2) is 36.1 Å². The molecule has 1 saturated heterocycles. The molecule has 0 saturated carbocycles. The zero-order valence-electron chi connectivity index (χ0n) is 16.2. The van der Waals surface area contributed by atoms with Crippen LogP contribution in [0.5, 0.6) is 0 Å². The second-order valence-electron chi connectivity index (χ2n) is 6.45. The zero-order valence-corrected chi connectivity index (χ0v) is 17.1. The van der Waals surface area contributed by atoms with Gasteiger partial charge in [0.05, 0.1) is 0 Å². The van der Waals surface area contributed by atoms with Crippen LogP contribution in [0.1, 0.15) is 58.8 Å². The Morgan fingerprint density at radius 2 is 2.19 bits per heavy atom. The van der Waals surface area contributed by atoms with Gasteiger partial charge in [-0.3, -0.25) is 4.79 Å². The summed E-state index contributed by atoms with van der Waals surface area (Å²) in [4.78, 5) is 18.4. The molecule has 3 N–H and O–H groups in total. The smallest absolute Gasteiger partial charge is 0.226 e. The molecule has 1 unspecified atom stereocenters. The van der Waals surface area contributed by atoms with Gasteiger partial charge in [0.25, 0.3) is 0 Å². The molecule has 0 aromatic carbocycles. The monoisotopic (exact) mass is 378 g/mol. The van der Waals surface area contributed by atoms with Gasteiger partial charge in [-0.1, -0.05) is 39.3 Å². The Morgan fingerprint density at radius 3 is 2.73 bits per heavy atom. The third-order valence-corrected chi connectivity index (χ3v) is 4.98. The summed E-state index contributed by atoms with van der Waals surface area (Å²) in [5.41, 5.74) is 6.86. The van der Waals surface area contributed by atoms with Crippen molar-refractivity contribution < 1.29 is 4.79 Å². The van der Waals surface area contributed by atoms with E-state index in [0.29, 0.717) is 5.91 Å². The fourth-order valence-electron chi connectivity index (χ4n) is 2.97. The van der Waals surface area contributed by atoms with Gasteiger partial charge in [0, 0.05) is 36.3 Å². The molecule has 1 aliphatic heterocycles. The normalized spacial score (nSPS) is 15.2. The highest BCUT2D eigenvalue weighted by molar-refractivity contribution is 7.13. The summed E-state index contributed by atoms with van der Waals surface area (Å²) in [6, 6.07) is 0. The maximum atomic E-state index is 12.4. The van der Waals surface area contributed by atoms with E-state index in [1.54, 1.807) is 23.7 Å². The van der Waals surface area contributed by atoms with E-state index in [1.165, 1.54) is 0 Å². The number of rotatable bonds is 9. The van der Waals surface area contributed by atoms with E-state index in [1.807, 2.05) is 16.4 Å². The molecule has 5 nitrogen and oxygen atoms in total. The number of anilines is 1. The fourth-order valence-corrected chi connectivity index (χ4v) is 3.49. The van der Waals surface area contributed by atoms with E-state index >= 15 is 0 Å². The van der Waals surface area contributed by atoms with Gasteiger partial charge in [0.2, 0.25) is 5.91 Å². The van der Waals surface area contributed by atoms with E-state index in [-0.39, 0.29) is 5.92 Å². The summed E-state index contributed by atoms with van der Waals surface area (Å²) in [5, 5.41) is 5.66. The molecule has 1 amide bonds. The molecule has 0 radical (unpaired) electrons. The van der Waals surface area contributed by atoms with Crippen LogP contribution in [-0.2, 0) is 4.79 Å². The summed E-state index contributed by atoms with van der Waals surface area (Å²) < 4.78 is 0. The highest BCUT2D eigenvalue weighted by Gasteiger charge is 2.26. The molecule has 1 atom stereocenters. The van der Waals surface area contributed by atoms with Crippen LogP contribution in [-0.4, -0.2) is 28.9 Å². The number of carbonyl (C=O) groups is 1. The van der Waals surface area contributed by atoms with Gasteiger partial charge in [0.1, 0.15) is 0 Å². The predicted molar refractivity (Wildman–Crippen MR) is 112 cm³/mol. The Bertz CT molecular complexity index is 536. The molecular formula is C20H34N4OS. The summed E-state index contributed by atoms with van der Waals surface area (Å²) in [6.07, 6.45) is 12.6. The van der Waals surface area contributed by atoms with Crippen molar-refractivity contribution in [3.63, 3.8) is 0 Å². The predicted octanol–water partition coefficient (Wildman–Crippen LogP) is 4.76. The average molecular weight is 379 g/mol. The van der Waals surface area contributed by atoms with Crippen LogP contribution in [0.25, 0.3) is 0 Å². The summed E-state index contributed by atoms with van der Waals surface area (Å²) in [5.74, 6) is 0.430. The first-order valence-electron chi connectivity index (χ1n) is 9.62. The minimum absolute atomic E-state index is 0.103. The zero-order chi connectivity index (χ0) is 19.2. The Morgan fingerprint density at radius 1 is 1.46 bits per heavy atom. The lowest BCUT2D eigenvalue weighted by molar-refractivity contribution is -0.134. The number of aromatic nitrogens is 1. The number of carbonyl (C=O) groups excluding carboxylic acids is 1. The minimum atomic E-state index is 0.103. The molecular weight excluding hydrogens is 344 g/mol. The van der Waals surface area contributed by atoms with E-state index in [0.717, 1.165) is 68.9 Å². The van der Waals surface area contributed by atoms with Gasteiger partial charge < -0.3 is 16.0 Å². The number of allylic oxidation sites excluding steroid dienone is 2. The van der Waals surface area contributed by atoms with Crippen LogP contribution >= 0.6 is 11.3 Å². The number of hydrogen-bond donors (Lipinski definition) is 2. The molecule has 1 fully saturated rings. The first-order chi connectivity index (χ1) is 12.6. The first kappa shape index (κ1) is 22.2. The largest absolute Gasteiger partial charge is 0.402 e. The van der Waals surface area contributed by atoms with E-state index in [2.05, 4.69) is 30.7 Å². The van der Waals surface area contributed by atoms with Crippen LogP contribution < -0.4 is 11.1 Å². The van der Waals surface area contributed by atoms with Crippen LogP contribution in [0, 0.1) is 5.92 Å². The van der Waals surface area contributed by atoms with E-state index < -0.39 is 0 Å². The lowest BCUT2D eigenvalue weighted by Gasteiger charge is -2.23. The van der Waals surface area contributed by atoms with Crippen LogP contribution in [0.2, 0.25) is 0 Å². The van der Waals surface area contributed by atoms with Gasteiger partial charge in [-0.25, -0.2) is 4.98 Å². The second-order valence-corrected chi connectivity index (χ2v) is 7.34. The fraction of sp³-hybridized carbons (Fsp3) is 0.600. The maximum absolute atomic E-state index is 12.4. The van der Waals surface area contributed by atoms with Crippen molar-refractivity contribution in [2.45, 2.75) is 58.8 Å². The maximum Gasteiger partial charge on any atom is 0.226 e.